The Morgan fingerprint density at radius 2 is 2.05 bits per heavy atom. The molecule has 0 bridgehead atoms. The molecule has 98 valence electrons. The molecule has 0 saturated heterocycles. The zero-order valence-corrected chi connectivity index (χ0v) is 10.1. The maximum Gasteiger partial charge on any atom is 0.218 e. The van der Waals surface area contributed by atoms with Gasteiger partial charge in [-0.3, -0.25) is 0 Å². The molecule has 3 rings (SSSR count). The van der Waals surface area contributed by atoms with E-state index in [-0.39, 0.29) is 0 Å². The van der Waals surface area contributed by atoms with Crippen molar-refractivity contribution in [3.8, 4) is 17.0 Å². The predicted molar refractivity (Wildman–Crippen MR) is 66.8 cm³/mol. The molecule has 0 spiro atoms. The third-order valence-corrected chi connectivity index (χ3v) is 3.06. The first-order valence-corrected chi connectivity index (χ1v) is 6.02. The van der Waals surface area contributed by atoms with Crippen molar-refractivity contribution in [2.75, 3.05) is 13.2 Å². The minimum atomic E-state index is -0.587. The number of ether oxygens (including phenoxy) is 1. The van der Waals surface area contributed by atoms with Crippen LogP contribution >= 0.6 is 0 Å². The molecule has 0 unspecified atom stereocenters. The fraction of sp³-hybridized carbons (Fsp3) is 0.214. The molecule has 0 fully saturated rings. The average molecular weight is 262 g/mol. The molecular weight excluding hydrogens is 250 g/mol. The first-order chi connectivity index (χ1) is 9.25. The maximum atomic E-state index is 13.9. The molecule has 2 aromatic rings. The van der Waals surface area contributed by atoms with Crippen LogP contribution in [0.1, 0.15) is 5.56 Å². The van der Waals surface area contributed by atoms with Crippen molar-refractivity contribution in [3.63, 3.8) is 0 Å². The van der Waals surface area contributed by atoms with E-state index in [9.17, 15) is 8.78 Å². The summed E-state index contributed by atoms with van der Waals surface area (Å²) in [6.07, 6.45) is 1.57. The van der Waals surface area contributed by atoms with E-state index >= 15 is 0 Å². The Bertz CT molecular complexity index is 616. The number of halogens is 2. The Morgan fingerprint density at radius 3 is 2.89 bits per heavy atom. The maximum absolute atomic E-state index is 13.9. The largest absolute Gasteiger partial charge is 0.476 e. The Hall–Kier alpha value is -2.01. The highest BCUT2D eigenvalue weighted by molar-refractivity contribution is 5.69. The van der Waals surface area contributed by atoms with E-state index in [0.29, 0.717) is 36.7 Å². The Kier molecular flexibility index (Phi) is 3.13. The summed E-state index contributed by atoms with van der Waals surface area (Å²) in [5.41, 5.74) is 1.83. The molecule has 0 aliphatic carbocycles. The van der Waals surface area contributed by atoms with Gasteiger partial charge in [-0.1, -0.05) is 0 Å². The first-order valence-electron chi connectivity index (χ1n) is 6.02. The van der Waals surface area contributed by atoms with Crippen LogP contribution in [0.2, 0.25) is 0 Å². The van der Waals surface area contributed by atoms with Crippen LogP contribution in [-0.2, 0) is 6.54 Å². The summed E-state index contributed by atoms with van der Waals surface area (Å²) in [4.78, 5) is 4.15. The van der Waals surface area contributed by atoms with E-state index in [4.69, 9.17) is 4.74 Å². The fourth-order valence-electron chi connectivity index (χ4n) is 2.16. The van der Waals surface area contributed by atoms with Gasteiger partial charge in [-0.2, -0.15) is 0 Å². The first kappa shape index (κ1) is 12.0. The van der Waals surface area contributed by atoms with Crippen LogP contribution in [0.25, 0.3) is 11.1 Å². The SMILES string of the molecule is Fc1ccc(-c2ccnc3c2CNCCO3)c(F)c1. The summed E-state index contributed by atoms with van der Waals surface area (Å²) in [5, 5.41) is 3.18. The molecule has 1 aliphatic rings. The number of nitrogens with one attached hydrogen (secondary N) is 1. The van der Waals surface area contributed by atoms with Gasteiger partial charge in [0.05, 0.1) is 0 Å². The van der Waals surface area contributed by atoms with E-state index in [0.717, 1.165) is 11.6 Å². The molecule has 1 N–H and O–H groups in total. The average Bonchev–Trinajstić information content (AvgIpc) is 2.64. The fourth-order valence-corrected chi connectivity index (χ4v) is 2.16. The number of rotatable bonds is 1. The second kappa shape index (κ2) is 4.93. The van der Waals surface area contributed by atoms with Gasteiger partial charge in [0.25, 0.3) is 0 Å². The topological polar surface area (TPSA) is 34.2 Å². The van der Waals surface area contributed by atoms with Crippen molar-refractivity contribution in [3.05, 3.63) is 47.7 Å². The van der Waals surface area contributed by atoms with Gasteiger partial charge in [-0.25, -0.2) is 13.8 Å². The second-order valence-electron chi connectivity index (χ2n) is 4.29. The normalized spacial score (nSPS) is 14.4. The molecule has 1 aromatic heterocycles. The van der Waals surface area contributed by atoms with Gasteiger partial charge in [0.15, 0.2) is 0 Å². The van der Waals surface area contributed by atoms with Crippen molar-refractivity contribution < 1.29 is 13.5 Å². The molecule has 0 amide bonds. The number of aromatic nitrogens is 1. The van der Waals surface area contributed by atoms with Crippen molar-refractivity contribution in [1.29, 1.82) is 0 Å². The van der Waals surface area contributed by atoms with Crippen LogP contribution in [-0.4, -0.2) is 18.1 Å². The summed E-state index contributed by atoms with van der Waals surface area (Å²) in [5.74, 6) is -0.667. The number of benzene rings is 1. The van der Waals surface area contributed by atoms with Crippen LogP contribution in [0.5, 0.6) is 5.88 Å². The van der Waals surface area contributed by atoms with Gasteiger partial charge in [-0.15, -0.1) is 0 Å². The van der Waals surface area contributed by atoms with Crippen molar-refractivity contribution in [2.45, 2.75) is 6.54 Å². The van der Waals surface area contributed by atoms with E-state index in [1.807, 2.05) is 0 Å². The van der Waals surface area contributed by atoms with Crippen molar-refractivity contribution >= 4 is 0 Å². The molecule has 0 atom stereocenters. The lowest BCUT2D eigenvalue weighted by molar-refractivity contribution is 0.314. The van der Waals surface area contributed by atoms with Gasteiger partial charge in [-0.05, 0) is 23.8 Å². The molecule has 19 heavy (non-hydrogen) atoms. The van der Waals surface area contributed by atoms with Crippen molar-refractivity contribution in [2.24, 2.45) is 0 Å². The van der Waals surface area contributed by atoms with Crippen LogP contribution in [0.4, 0.5) is 8.78 Å². The van der Waals surface area contributed by atoms with Crippen LogP contribution < -0.4 is 10.1 Å². The second-order valence-corrected chi connectivity index (χ2v) is 4.29. The van der Waals surface area contributed by atoms with Gasteiger partial charge in [0, 0.05) is 36.5 Å². The van der Waals surface area contributed by atoms with Gasteiger partial charge < -0.3 is 10.1 Å². The number of fused-ring (bicyclic) bond motifs is 1. The molecule has 1 aliphatic heterocycles. The number of hydrogen-bond acceptors (Lipinski definition) is 3. The molecule has 0 saturated carbocycles. The number of pyridine rings is 1. The highest BCUT2D eigenvalue weighted by Gasteiger charge is 2.17. The Balaban J connectivity index is 2.14. The highest BCUT2D eigenvalue weighted by atomic mass is 19.1. The van der Waals surface area contributed by atoms with E-state index in [2.05, 4.69) is 10.3 Å². The molecule has 5 heteroatoms. The van der Waals surface area contributed by atoms with E-state index in [1.54, 1.807) is 12.3 Å². The van der Waals surface area contributed by atoms with Gasteiger partial charge >= 0.3 is 0 Å². The minimum Gasteiger partial charge on any atom is -0.476 e. The summed E-state index contributed by atoms with van der Waals surface area (Å²) < 4.78 is 32.4. The minimum absolute atomic E-state index is 0.354. The standard InChI is InChI=1S/C14H12F2N2O/c15-9-1-2-11(13(16)7-9)10-3-4-18-14-12(10)8-17-5-6-19-14/h1-4,7,17H,5-6,8H2. The van der Waals surface area contributed by atoms with Crippen LogP contribution in [0, 0.1) is 11.6 Å². The predicted octanol–water partition coefficient (Wildman–Crippen LogP) is 2.51. The molecule has 2 heterocycles. The van der Waals surface area contributed by atoms with Gasteiger partial charge in [0.2, 0.25) is 5.88 Å². The summed E-state index contributed by atoms with van der Waals surface area (Å²) in [6.45, 7) is 1.78. The number of nitrogens with zero attached hydrogens (tertiary/aromatic N) is 1. The van der Waals surface area contributed by atoms with Crippen LogP contribution in [0.15, 0.2) is 30.5 Å². The smallest absolute Gasteiger partial charge is 0.218 e. The zero-order valence-electron chi connectivity index (χ0n) is 10.1. The monoisotopic (exact) mass is 262 g/mol. The molecule has 3 nitrogen and oxygen atoms in total. The molecule has 0 radical (unpaired) electrons. The lowest BCUT2D eigenvalue weighted by Gasteiger charge is -2.11. The zero-order chi connectivity index (χ0) is 13.2. The Labute approximate surface area is 109 Å². The van der Waals surface area contributed by atoms with Crippen LogP contribution in [0.3, 0.4) is 0 Å². The quantitative estimate of drug-likeness (QED) is 0.857. The summed E-state index contributed by atoms with van der Waals surface area (Å²) in [6, 6.07) is 5.28. The lowest BCUT2D eigenvalue weighted by atomic mass is 10.0. The lowest BCUT2D eigenvalue weighted by Crippen LogP contribution is -2.16. The van der Waals surface area contributed by atoms with Gasteiger partial charge in [0.1, 0.15) is 18.2 Å². The summed E-state index contributed by atoms with van der Waals surface area (Å²) in [7, 11) is 0. The van der Waals surface area contributed by atoms with E-state index in [1.165, 1.54) is 12.1 Å². The van der Waals surface area contributed by atoms with Crippen molar-refractivity contribution in [1.82, 2.24) is 10.3 Å². The third-order valence-electron chi connectivity index (χ3n) is 3.06. The summed E-state index contributed by atoms with van der Waals surface area (Å²) >= 11 is 0. The Morgan fingerprint density at radius 1 is 1.16 bits per heavy atom. The third kappa shape index (κ3) is 2.29. The van der Waals surface area contributed by atoms with E-state index < -0.39 is 11.6 Å². The number of hydrogen-bond donors (Lipinski definition) is 1. The molecule has 1 aromatic carbocycles. The molecular formula is C14H12F2N2O. The highest BCUT2D eigenvalue weighted by Crippen LogP contribution is 2.31.